The lowest BCUT2D eigenvalue weighted by molar-refractivity contribution is 0.733. The van der Waals surface area contributed by atoms with E-state index >= 15 is 0 Å². The minimum atomic E-state index is 0.656. The van der Waals surface area contributed by atoms with Gasteiger partial charge in [0.1, 0.15) is 0 Å². The van der Waals surface area contributed by atoms with Gasteiger partial charge >= 0.3 is 0 Å². The van der Waals surface area contributed by atoms with Crippen molar-refractivity contribution in [2.75, 3.05) is 18.4 Å². The number of rotatable bonds is 6. The SMILES string of the molecule is CCC(C)c1ccc(NCCCN)cc1. The van der Waals surface area contributed by atoms with Crippen LogP contribution in [0.2, 0.25) is 0 Å². The molecular formula is C13H22N2. The zero-order valence-corrected chi connectivity index (χ0v) is 9.79. The molecule has 0 heterocycles. The Hall–Kier alpha value is -1.02. The molecule has 0 fully saturated rings. The Balaban J connectivity index is 2.49. The third-order valence-corrected chi connectivity index (χ3v) is 2.80. The molecular weight excluding hydrogens is 184 g/mol. The number of anilines is 1. The monoisotopic (exact) mass is 206 g/mol. The molecule has 2 nitrogen and oxygen atoms in total. The van der Waals surface area contributed by atoms with Gasteiger partial charge in [-0.05, 0) is 43.0 Å². The van der Waals surface area contributed by atoms with Crippen LogP contribution in [0.25, 0.3) is 0 Å². The third-order valence-electron chi connectivity index (χ3n) is 2.80. The Morgan fingerprint density at radius 1 is 1.27 bits per heavy atom. The summed E-state index contributed by atoms with van der Waals surface area (Å²) < 4.78 is 0. The molecule has 0 aliphatic carbocycles. The van der Waals surface area contributed by atoms with Crippen LogP contribution in [0, 0.1) is 0 Å². The maximum absolute atomic E-state index is 5.43. The van der Waals surface area contributed by atoms with Crippen molar-refractivity contribution in [2.45, 2.75) is 32.6 Å². The molecule has 0 aliphatic heterocycles. The van der Waals surface area contributed by atoms with Crippen molar-refractivity contribution in [3.8, 4) is 0 Å². The Morgan fingerprint density at radius 2 is 1.93 bits per heavy atom. The van der Waals surface area contributed by atoms with Crippen LogP contribution in [0.1, 0.15) is 38.2 Å². The van der Waals surface area contributed by atoms with Gasteiger partial charge in [0, 0.05) is 12.2 Å². The van der Waals surface area contributed by atoms with Crippen LogP contribution in [0.4, 0.5) is 5.69 Å². The lowest BCUT2D eigenvalue weighted by Gasteiger charge is -2.10. The van der Waals surface area contributed by atoms with Crippen LogP contribution in [0.3, 0.4) is 0 Å². The molecule has 1 aromatic carbocycles. The molecule has 3 N–H and O–H groups in total. The lowest BCUT2D eigenvalue weighted by Crippen LogP contribution is -2.08. The van der Waals surface area contributed by atoms with E-state index in [1.165, 1.54) is 17.7 Å². The molecule has 0 spiro atoms. The predicted molar refractivity (Wildman–Crippen MR) is 67.3 cm³/mol. The molecule has 0 saturated heterocycles. The molecule has 0 bridgehead atoms. The second-order valence-corrected chi connectivity index (χ2v) is 4.00. The first-order valence-electron chi connectivity index (χ1n) is 5.81. The van der Waals surface area contributed by atoms with Crippen molar-refractivity contribution in [3.63, 3.8) is 0 Å². The summed E-state index contributed by atoms with van der Waals surface area (Å²) in [5, 5.41) is 3.35. The second kappa shape index (κ2) is 6.46. The Kier molecular flexibility index (Phi) is 5.19. The molecule has 84 valence electrons. The molecule has 1 rings (SSSR count). The minimum absolute atomic E-state index is 0.656. The number of nitrogens with two attached hydrogens (primary N) is 1. The molecule has 1 aromatic rings. The molecule has 1 atom stereocenters. The first-order valence-corrected chi connectivity index (χ1v) is 5.81. The molecule has 0 aliphatic rings. The van der Waals surface area contributed by atoms with Crippen LogP contribution in [-0.4, -0.2) is 13.1 Å². The fourth-order valence-corrected chi connectivity index (χ4v) is 1.50. The molecule has 2 heteroatoms. The van der Waals surface area contributed by atoms with Gasteiger partial charge in [-0.15, -0.1) is 0 Å². The van der Waals surface area contributed by atoms with Gasteiger partial charge in [0.05, 0.1) is 0 Å². The van der Waals surface area contributed by atoms with Crippen molar-refractivity contribution in [3.05, 3.63) is 29.8 Å². The van der Waals surface area contributed by atoms with Crippen LogP contribution < -0.4 is 11.1 Å². The summed E-state index contributed by atoms with van der Waals surface area (Å²) in [6.45, 7) is 6.19. The number of nitrogens with one attached hydrogen (secondary N) is 1. The first-order chi connectivity index (χ1) is 7.27. The average Bonchev–Trinajstić information content (AvgIpc) is 2.29. The van der Waals surface area contributed by atoms with E-state index in [9.17, 15) is 0 Å². The highest BCUT2D eigenvalue weighted by Crippen LogP contribution is 2.20. The van der Waals surface area contributed by atoms with Crippen molar-refractivity contribution in [1.29, 1.82) is 0 Å². The maximum atomic E-state index is 5.43. The Bertz CT molecular complexity index is 266. The van der Waals surface area contributed by atoms with Crippen molar-refractivity contribution < 1.29 is 0 Å². The summed E-state index contributed by atoms with van der Waals surface area (Å²) in [6, 6.07) is 8.72. The first kappa shape index (κ1) is 12.1. The molecule has 0 radical (unpaired) electrons. The standard InChI is InChI=1S/C13H22N2/c1-3-11(2)12-5-7-13(8-6-12)15-10-4-9-14/h5-8,11,15H,3-4,9-10,14H2,1-2H3. The van der Waals surface area contributed by atoms with Gasteiger partial charge in [0.25, 0.3) is 0 Å². The van der Waals surface area contributed by atoms with E-state index < -0.39 is 0 Å². The van der Waals surface area contributed by atoms with Gasteiger partial charge in [-0.2, -0.15) is 0 Å². The Morgan fingerprint density at radius 3 is 2.47 bits per heavy atom. The second-order valence-electron chi connectivity index (χ2n) is 4.00. The van der Waals surface area contributed by atoms with Gasteiger partial charge < -0.3 is 11.1 Å². The largest absolute Gasteiger partial charge is 0.385 e. The summed E-state index contributed by atoms with van der Waals surface area (Å²) in [6.07, 6.45) is 2.22. The van der Waals surface area contributed by atoms with Crippen molar-refractivity contribution >= 4 is 5.69 Å². The summed E-state index contributed by atoms with van der Waals surface area (Å²) in [5.41, 5.74) is 8.04. The smallest absolute Gasteiger partial charge is 0.0340 e. The van der Waals surface area contributed by atoms with Crippen molar-refractivity contribution in [2.24, 2.45) is 5.73 Å². The fraction of sp³-hybridized carbons (Fsp3) is 0.538. The van der Waals surface area contributed by atoms with Crippen LogP contribution in [-0.2, 0) is 0 Å². The summed E-state index contributed by atoms with van der Waals surface area (Å²) >= 11 is 0. The van der Waals surface area contributed by atoms with E-state index in [0.717, 1.165) is 19.5 Å². The van der Waals surface area contributed by atoms with Gasteiger partial charge in [-0.1, -0.05) is 26.0 Å². The maximum Gasteiger partial charge on any atom is 0.0340 e. The van der Waals surface area contributed by atoms with Gasteiger partial charge in [-0.25, -0.2) is 0 Å². The minimum Gasteiger partial charge on any atom is -0.385 e. The molecule has 0 aromatic heterocycles. The zero-order valence-electron chi connectivity index (χ0n) is 9.79. The van der Waals surface area contributed by atoms with Crippen LogP contribution in [0.15, 0.2) is 24.3 Å². The van der Waals surface area contributed by atoms with E-state index in [1.54, 1.807) is 0 Å². The number of hydrogen-bond acceptors (Lipinski definition) is 2. The highest BCUT2D eigenvalue weighted by Gasteiger charge is 2.01. The molecule has 15 heavy (non-hydrogen) atoms. The lowest BCUT2D eigenvalue weighted by atomic mass is 9.99. The van der Waals surface area contributed by atoms with Crippen LogP contribution >= 0.6 is 0 Å². The van der Waals surface area contributed by atoms with E-state index in [0.29, 0.717) is 5.92 Å². The van der Waals surface area contributed by atoms with Gasteiger partial charge in [0.2, 0.25) is 0 Å². The van der Waals surface area contributed by atoms with Crippen molar-refractivity contribution in [1.82, 2.24) is 0 Å². The number of benzene rings is 1. The van der Waals surface area contributed by atoms with Gasteiger partial charge in [-0.3, -0.25) is 0 Å². The third kappa shape index (κ3) is 3.92. The molecule has 1 unspecified atom stereocenters. The highest BCUT2D eigenvalue weighted by atomic mass is 14.9. The van der Waals surface area contributed by atoms with E-state index in [4.69, 9.17) is 5.73 Å². The molecule has 0 saturated carbocycles. The highest BCUT2D eigenvalue weighted by molar-refractivity contribution is 5.45. The van der Waals surface area contributed by atoms with Gasteiger partial charge in [0.15, 0.2) is 0 Å². The van der Waals surface area contributed by atoms with E-state index in [1.807, 2.05) is 0 Å². The summed E-state index contributed by atoms with van der Waals surface area (Å²) in [5.74, 6) is 0.656. The van der Waals surface area contributed by atoms with E-state index in [-0.39, 0.29) is 0 Å². The normalized spacial score (nSPS) is 12.5. The number of hydrogen-bond donors (Lipinski definition) is 2. The summed E-state index contributed by atoms with van der Waals surface area (Å²) in [4.78, 5) is 0. The quantitative estimate of drug-likeness (QED) is 0.702. The predicted octanol–water partition coefficient (Wildman–Crippen LogP) is 2.96. The fourth-order valence-electron chi connectivity index (χ4n) is 1.50. The topological polar surface area (TPSA) is 38.0 Å². The Labute approximate surface area is 92.9 Å². The average molecular weight is 206 g/mol. The van der Waals surface area contributed by atoms with Crippen LogP contribution in [0.5, 0.6) is 0 Å². The zero-order chi connectivity index (χ0) is 11.1. The summed E-state index contributed by atoms with van der Waals surface area (Å²) in [7, 11) is 0. The molecule has 0 amide bonds. The van der Waals surface area contributed by atoms with E-state index in [2.05, 4.69) is 43.4 Å².